The van der Waals surface area contributed by atoms with Crippen LogP contribution >= 0.6 is 15.9 Å². The predicted octanol–water partition coefficient (Wildman–Crippen LogP) is 2.42. The Hall–Kier alpha value is -1.36. The van der Waals surface area contributed by atoms with Gasteiger partial charge in [0.2, 0.25) is 5.91 Å². The van der Waals surface area contributed by atoms with Gasteiger partial charge in [0.05, 0.1) is 10.4 Å². The maximum Gasteiger partial charge on any atom is 0.335 e. The highest BCUT2D eigenvalue weighted by Crippen LogP contribution is 2.17. The number of hydrogen-bond donors (Lipinski definition) is 2. The maximum absolute atomic E-state index is 11.4. The molecule has 1 rings (SSSR count). The smallest absolute Gasteiger partial charge is 0.335 e. The Morgan fingerprint density at radius 1 is 1.44 bits per heavy atom. The Labute approximate surface area is 102 Å². The second-order valence-corrected chi connectivity index (χ2v) is 4.81. The van der Waals surface area contributed by atoms with E-state index in [1.54, 1.807) is 19.9 Å². The topological polar surface area (TPSA) is 66.4 Å². The van der Waals surface area contributed by atoms with E-state index in [1.165, 1.54) is 12.1 Å². The highest BCUT2D eigenvalue weighted by Gasteiger charge is 2.11. The molecule has 1 aromatic carbocycles. The van der Waals surface area contributed by atoms with E-state index in [-0.39, 0.29) is 16.3 Å². The number of hydrogen-bond acceptors (Lipinski definition) is 2. The molecular formula is C11H12BrNO3. The lowest BCUT2D eigenvalue weighted by Gasteiger charge is -2.10. The summed E-state index contributed by atoms with van der Waals surface area (Å²) >= 11 is 3.15. The monoisotopic (exact) mass is 285 g/mol. The lowest BCUT2D eigenvalue weighted by atomic mass is 10.1. The molecule has 0 radical (unpaired) electrons. The number of halogens is 1. The van der Waals surface area contributed by atoms with Crippen molar-refractivity contribution in [3.05, 3.63) is 29.3 Å². The van der Waals surface area contributed by atoms with Crippen molar-refractivity contribution < 1.29 is 14.7 Å². The largest absolute Gasteiger partial charge is 0.478 e. The first-order valence-corrected chi connectivity index (χ1v) is 5.62. The van der Waals surface area contributed by atoms with Crippen LogP contribution in [0.4, 0.5) is 5.69 Å². The normalized spacial score (nSPS) is 11.9. The summed E-state index contributed by atoms with van der Waals surface area (Å²) in [5.41, 5.74) is 1.56. The number of aromatic carboxylic acids is 1. The zero-order valence-corrected chi connectivity index (χ0v) is 10.5. The van der Waals surface area contributed by atoms with E-state index in [0.29, 0.717) is 5.69 Å². The Morgan fingerprint density at radius 3 is 2.50 bits per heavy atom. The Bertz CT molecular complexity index is 429. The quantitative estimate of drug-likeness (QED) is 0.838. The van der Waals surface area contributed by atoms with Gasteiger partial charge >= 0.3 is 5.97 Å². The van der Waals surface area contributed by atoms with Crippen LogP contribution in [0.25, 0.3) is 0 Å². The first kappa shape index (κ1) is 12.7. The molecule has 0 aliphatic heterocycles. The molecular weight excluding hydrogens is 274 g/mol. The number of carboxylic acids is 1. The number of rotatable bonds is 3. The second-order valence-electron chi connectivity index (χ2n) is 3.44. The van der Waals surface area contributed by atoms with E-state index in [4.69, 9.17) is 5.11 Å². The van der Waals surface area contributed by atoms with Gasteiger partial charge in [0.1, 0.15) is 0 Å². The van der Waals surface area contributed by atoms with Crippen LogP contribution in [-0.4, -0.2) is 21.8 Å². The van der Waals surface area contributed by atoms with Gasteiger partial charge in [0, 0.05) is 5.69 Å². The molecule has 0 aromatic heterocycles. The van der Waals surface area contributed by atoms with Crippen molar-refractivity contribution in [2.45, 2.75) is 18.7 Å². The molecule has 0 aliphatic carbocycles. The molecule has 0 aliphatic rings. The maximum atomic E-state index is 11.4. The van der Waals surface area contributed by atoms with E-state index in [1.807, 2.05) is 0 Å². The minimum absolute atomic E-state index is 0.161. The van der Waals surface area contributed by atoms with Crippen LogP contribution in [0, 0.1) is 6.92 Å². The van der Waals surface area contributed by atoms with Crippen molar-refractivity contribution in [2.24, 2.45) is 0 Å². The summed E-state index contributed by atoms with van der Waals surface area (Å²) in [5.74, 6) is -1.14. The fraction of sp³-hybridized carbons (Fsp3) is 0.273. The SMILES string of the molecule is Cc1cc(C(=O)O)ccc1NC(=O)C(C)Br. The fourth-order valence-corrected chi connectivity index (χ4v) is 1.28. The van der Waals surface area contributed by atoms with Gasteiger partial charge in [-0.25, -0.2) is 4.79 Å². The number of amides is 1. The number of carbonyl (C=O) groups excluding carboxylic acids is 1. The number of carboxylic acid groups (broad SMARTS) is 1. The van der Waals surface area contributed by atoms with Crippen LogP contribution in [0.3, 0.4) is 0 Å². The summed E-state index contributed by atoms with van der Waals surface area (Å²) in [6.45, 7) is 3.47. The molecule has 0 fully saturated rings. The molecule has 1 unspecified atom stereocenters. The highest BCUT2D eigenvalue weighted by molar-refractivity contribution is 9.10. The molecule has 1 aromatic rings. The van der Waals surface area contributed by atoms with Crippen molar-refractivity contribution >= 4 is 33.5 Å². The molecule has 2 N–H and O–H groups in total. The van der Waals surface area contributed by atoms with Gasteiger partial charge in [0.15, 0.2) is 0 Å². The minimum atomic E-state index is -0.977. The lowest BCUT2D eigenvalue weighted by Crippen LogP contribution is -2.20. The molecule has 16 heavy (non-hydrogen) atoms. The van der Waals surface area contributed by atoms with E-state index in [9.17, 15) is 9.59 Å². The summed E-state index contributed by atoms with van der Waals surface area (Å²) < 4.78 is 0. The van der Waals surface area contributed by atoms with Crippen LogP contribution < -0.4 is 5.32 Å². The van der Waals surface area contributed by atoms with Gasteiger partial charge < -0.3 is 10.4 Å². The van der Waals surface area contributed by atoms with Crippen molar-refractivity contribution in [3.63, 3.8) is 0 Å². The van der Waals surface area contributed by atoms with E-state index in [0.717, 1.165) is 5.56 Å². The molecule has 0 saturated carbocycles. The molecule has 0 bridgehead atoms. The van der Waals surface area contributed by atoms with Crippen molar-refractivity contribution in [2.75, 3.05) is 5.32 Å². The summed E-state index contributed by atoms with van der Waals surface area (Å²) in [6.07, 6.45) is 0. The molecule has 1 amide bonds. The van der Waals surface area contributed by atoms with E-state index >= 15 is 0 Å². The lowest BCUT2D eigenvalue weighted by molar-refractivity contribution is -0.115. The predicted molar refractivity (Wildman–Crippen MR) is 65.2 cm³/mol. The Balaban J connectivity index is 2.91. The molecule has 5 heteroatoms. The van der Waals surface area contributed by atoms with Crippen LogP contribution in [0.5, 0.6) is 0 Å². The standard InChI is InChI=1S/C11H12BrNO3/c1-6-5-8(11(15)16)3-4-9(6)13-10(14)7(2)12/h3-5,7H,1-2H3,(H,13,14)(H,15,16). The number of nitrogens with one attached hydrogen (secondary N) is 1. The average Bonchev–Trinajstić information content (AvgIpc) is 2.20. The summed E-state index contributed by atoms with van der Waals surface area (Å²) in [4.78, 5) is 21.8. The molecule has 0 saturated heterocycles. The minimum Gasteiger partial charge on any atom is -0.478 e. The second kappa shape index (κ2) is 5.12. The van der Waals surface area contributed by atoms with Gasteiger partial charge in [-0.15, -0.1) is 0 Å². The summed E-state index contributed by atoms with van der Waals surface area (Å²) in [6, 6.07) is 4.58. The van der Waals surface area contributed by atoms with Crippen LogP contribution in [-0.2, 0) is 4.79 Å². The number of carbonyl (C=O) groups is 2. The Morgan fingerprint density at radius 2 is 2.06 bits per heavy atom. The first-order valence-electron chi connectivity index (χ1n) is 4.70. The number of aryl methyl sites for hydroxylation is 1. The molecule has 0 spiro atoms. The van der Waals surface area contributed by atoms with Crippen LogP contribution in [0.1, 0.15) is 22.8 Å². The third-order valence-electron chi connectivity index (χ3n) is 2.09. The zero-order valence-electron chi connectivity index (χ0n) is 8.95. The van der Waals surface area contributed by atoms with Crippen LogP contribution in [0.15, 0.2) is 18.2 Å². The molecule has 0 heterocycles. The molecule has 86 valence electrons. The third kappa shape index (κ3) is 3.06. The van der Waals surface area contributed by atoms with Crippen LogP contribution in [0.2, 0.25) is 0 Å². The molecule has 4 nitrogen and oxygen atoms in total. The zero-order chi connectivity index (χ0) is 12.3. The van der Waals surface area contributed by atoms with Crippen molar-refractivity contribution in [1.29, 1.82) is 0 Å². The van der Waals surface area contributed by atoms with E-state index < -0.39 is 5.97 Å². The van der Waals surface area contributed by atoms with Gasteiger partial charge in [0.25, 0.3) is 0 Å². The van der Waals surface area contributed by atoms with E-state index in [2.05, 4.69) is 21.2 Å². The third-order valence-corrected chi connectivity index (χ3v) is 2.51. The fourth-order valence-electron chi connectivity index (χ4n) is 1.17. The number of benzene rings is 1. The van der Waals surface area contributed by atoms with Gasteiger partial charge in [-0.2, -0.15) is 0 Å². The molecule has 1 atom stereocenters. The van der Waals surface area contributed by atoms with Gasteiger partial charge in [-0.3, -0.25) is 4.79 Å². The van der Waals surface area contributed by atoms with Crippen molar-refractivity contribution in [3.8, 4) is 0 Å². The van der Waals surface area contributed by atoms with Crippen molar-refractivity contribution in [1.82, 2.24) is 0 Å². The first-order chi connectivity index (χ1) is 7.41. The van der Waals surface area contributed by atoms with Gasteiger partial charge in [-0.05, 0) is 37.6 Å². The Kier molecular flexibility index (Phi) is 4.06. The number of anilines is 1. The summed E-state index contributed by atoms with van der Waals surface area (Å²) in [7, 11) is 0. The van der Waals surface area contributed by atoms with Gasteiger partial charge in [-0.1, -0.05) is 15.9 Å². The highest BCUT2D eigenvalue weighted by atomic mass is 79.9. The average molecular weight is 286 g/mol. The summed E-state index contributed by atoms with van der Waals surface area (Å²) in [5, 5.41) is 11.5. The number of alkyl halides is 1.